The minimum absolute atomic E-state index is 0.00793. The third kappa shape index (κ3) is 3.39. The molecule has 2 aromatic rings. The summed E-state index contributed by atoms with van der Waals surface area (Å²) in [5.74, 6) is 0.412. The first kappa shape index (κ1) is 16.7. The summed E-state index contributed by atoms with van der Waals surface area (Å²) in [5.41, 5.74) is 0.807. The van der Waals surface area contributed by atoms with E-state index < -0.39 is 12.0 Å². The van der Waals surface area contributed by atoms with E-state index in [-0.39, 0.29) is 17.7 Å². The number of fused-ring (bicyclic) bond motifs is 1. The predicted molar refractivity (Wildman–Crippen MR) is 88.7 cm³/mol. The first-order chi connectivity index (χ1) is 12.0. The number of ether oxygens (including phenoxy) is 2. The number of carboxylic acids is 1. The molecular weight excluding hydrogens is 326 g/mol. The Bertz CT molecular complexity index is 815. The van der Waals surface area contributed by atoms with E-state index in [0.29, 0.717) is 18.1 Å². The molecule has 0 amide bonds. The van der Waals surface area contributed by atoms with Crippen LogP contribution in [0.5, 0.6) is 11.5 Å². The number of carboxylic acid groups (broad SMARTS) is 1. The van der Waals surface area contributed by atoms with Gasteiger partial charge in [-0.2, -0.15) is 4.68 Å². The number of rotatable bonds is 6. The van der Waals surface area contributed by atoms with E-state index in [2.05, 4.69) is 20.8 Å². The van der Waals surface area contributed by atoms with Crippen LogP contribution in [0.1, 0.15) is 32.4 Å². The number of nitrogens with zero attached hydrogens (tertiary/aromatic N) is 4. The maximum absolute atomic E-state index is 11.4. The van der Waals surface area contributed by atoms with Crippen molar-refractivity contribution in [3.63, 3.8) is 0 Å². The third-order valence-corrected chi connectivity index (χ3v) is 3.53. The molecule has 0 radical (unpaired) electrons. The number of nitrogens with one attached hydrogen (secondary N) is 1. The van der Waals surface area contributed by atoms with Gasteiger partial charge in [0.05, 0.1) is 12.7 Å². The Morgan fingerprint density at radius 1 is 1.40 bits per heavy atom. The minimum Gasteiger partial charge on any atom is -0.490 e. The molecule has 2 N–H and O–H groups in total. The molecule has 0 unspecified atom stereocenters. The second-order valence-electron chi connectivity index (χ2n) is 5.71. The van der Waals surface area contributed by atoms with Crippen molar-refractivity contribution in [2.24, 2.45) is 0 Å². The van der Waals surface area contributed by atoms with E-state index in [0.717, 1.165) is 5.56 Å². The number of tetrazole rings is 1. The highest BCUT2D eigenvalue weighted by molar-refractivity contribution is 5.90. The second kappa shape index (κ2) is 6.80. The van der Waals surface area contributed by atoms with E-state index in [9.17, 15) is 9.90 Å². The minimum atomic E-state index is -1.08. The van der Waals surface area contributed by atoms with Crippen LogP contribution in [0.3, 0.4) is 0 Å². The fourth-order valence-electron chi connectivity index (χ4n) is 2.54. The zero-order chi connectivity index (χ0) is 18.0. The Hall–Kier alpha value is -3.10. The molecule has 0 saturated carbocycles. The van der Waals surface area contributed by atoms with Crippen molar-refractivity contribution < 1.29 is 19.4 Å². The van der Waals surface area contributed by atoms with Crippen molar-refractivity contribution in [1.29, 1.82) is 0 Å². The van der Waals surface area contributed by atoms with Crippen LogP contribution in [0.15, 0.2) is 30.0 Å². The Morgan fingerprint density at radius 2 is 2.20 bits per heavy atom. The van der Waals surface area contributed by atoms with E-state index in [1.54, 1.807) is 12.1 Å². The molecule has 0 bridgehead atoms. The number of allylic oxidation sites excluding steroid dienone is 1. The van der Waals surface area contributed by atoms with Crippen molar-refractivity contribution in [3.8, 4) is 11.5 Å². The zero-order valence-corrected chi connectivity index (χ0v) is 14.1. The molecule has 0 saturated heterocycles. The Balaban J connectivity index is 2.03. The smallest absolute Gasteiger partial charge is 0.352 e. The van der Waals surface area contributed by atoms with Crippen molar-refractivity contribution >= 4 is 11.9 Å². The molecule has 25 heavy (non-hydrogen) atoms. The monoisotopic (exact) mass is 345 g/mol. The van der Waals surface area contributed by atoms with Crippen molar-refractivity contribution in [2.75, 3.05) is 11.9 Å². The number of carbonyl (C=O) groups is 1. The third-order valence-electron chi connectivity index (χ3n) is 3.53. The Morgan fingerprint density at radius 3 is 2.88 bits per heavy atom. The zero-order valence-electron chi connectivity index (χ0n) is 14.1. The normalized spacial score (nSPS) is 16.0. The highest BCUT2D eigenvalue weighted by Crippen LogP contribution is 2.35. The molecular formula is C16H19N5O4. The average Bonchev–Trinajstić information content (AvgIpc) is 3.04. The first-order valence-electron chi connectivity index (χ1n) is 7.93. The molecule has 1 aliphatic heterocycles. The van der Waals surface area contributed by atoms with Crippen LogP contribution in [0.2, 0.25) is 0 Å². The molecule has 9 heteroatoms. The number of aromatic nitrogens is 4. The fourth-order valence-corrected chi connectivity index (χ4v) is 2.54. The summed E-state index contributed by atoms with van der Waals surface area (Å²) in [5, 5.41) is 23.3. The molecule has 0 spiro atoms. The molecule has 0 aliphatic carbocycles. The van der Waals surface area contributed by atoms with E-state index in [1.165, 1.54) is 4.68 Å². The van der Waals surface area contributed by atoms with Crippen LogP contribution in [0.25, 0.3) is 0 Å². The van der Waals surface area contributed by atoms with Gasteiger partial charge in [-0.05, 0) is 55.0 Å². The second-order valence-corrected chi connectivity index (χ2v) is 5.71. The Kier molecular flexibility index (Phi) is 4.55. The summed E-state index contributed by atoms with van der Waals surface area (Å²) >= 11 is 0. The first-order valence-corrected chi connectivity index (χ1v) is 7.93. The summed E-state index contributed by atoms with van der Waals surface area (Å²) in [7, 11) is 0. The van der Waals surface area contributed by atoms with Gasteiger partial charge in [0.2, 0.25) is 5.95 Å². The van der Waals surface area contributed by atoms with Crippen molar-refractivity contribution in [3.05, 3.63) is 35.5 Å². The molecule has 0 fully saturated rings. The van der Waals surface area contributed by atoms with Gasteiger partial charge in [-0.3, -0.25) is 0 Å². The van der Waals surface area contributed by atoms with Crippen molar-refractivity contribution in [1.82, 2.24) is 20.2 Å². The van der Waals surface area contributed by atoms with Gasteiger partial charge in [0.1, 0.15) is 11.7 Å². The summed E-state index contributed by atoms with van der Waals surface area (Å²) in [6.45, 7) is 6.24. The maximum atomic E-state index is 11.4. The van der Waals surface area contributed by atoms with Gasteiger partial charge in [-0.15, -0.1) is 0 Å². The number of aliphatic carboxylic acids is 1. The van der Waals surface area contributed by atoms with Gasteiger partial charge in [0.25, 0.3) is 0 Å². The van der Waals surface area contributed by atoms with Gasteiger partial charge < -0.3 is 19.9 Å². The molecule has 1 atom stereocenters. The number of hydrogen-bond acceptors (Lipinski definition) is 7. The molecule has 1 aliphatic rings. The maximum Gasteiger partial charge on any atom is 0.352 e. The molecule has 2 heterocycles. The SMILES string of the molecule is CCOc1cc([C@@H]2C=C(C(=O)O)Nc3nnnn32)ccc1OC(C)C. The van der Waals surface area contributed by atoms with Crippen molar-refractivity contribution in [2.45, 2.75) is 32.9 Å². The van der Waals surface area contributed by atoms with E-state index in [1.807, 2.05) is 32.9 Å². The van der Waals surface area contributed by atoms with Gasteiger partial charge in [-0.25, -0.2) is 4.79 Å². The van der Waals surface area contributed by atoms with Gasteiger partial charge in [0, 0.05) is 0 Å². The summed E-state index contributed by atoms with van der Waals surface area (Å²) in [6, 6.07) is 5.00. The summed E-state index contributed by atoms with van der Waals surface area (Å²) in [6.07, 6.45) is 1.56. The van der Waals surface area contributed by atoms with Crippen LogP contribution in [-0.4, -0.2) is 44.0 Å². The van der Waals surface area contributed by atoms with Gasteiger partial charge in [0.15, 0.2) is 11.5 Å². The lowest BCUT2D eigenvalue weighted by Gasteiger charge is -2.23. The van der Waals surface area contributed by atoms with Gasteiger partial charge in [-0.1, -0.05) is 11.2 Å². The summed E-state index contributed by atoms with van der Waals surface area (Å²) < 4.78 is 12.9. The lowest BCUT2D eigenvalue weighted by molar-refractivity contribution is -0.132. The Labute approximate surface area is 144 Å². The van der Waals surface area contributed by atoms with E-state index >= 15 is 0 Å². The lowest BCUT2D eigenvalue weighted by atomic mass is 10.0. The van der Waals surface area contributed by atoms with Crippen LogP contribution < -0.4 is 14.8 Å². The van der Waals surface area contributed by atoms with Crippen LogP contribution in [0.4, 0.5) is 5.95 Å². The number of hydrogen-bond donors (Lipinski definition) is 2. The topological polar surface area (TPSA) is 111 Å². The average molecular weight is 345 g/mol. The standard InChI is InChI=1S/C16H19N5O4/c1-4-24-14-7-10(5-6-13(14)25-9(2)3)12-8-11(15(22)23)17-16-18-19-20-21(12)16/h5-9,12H,4H2,1-3H3,(H,22,23)(H,17,18,20)/t12-/m0/s1. The molecule has 132 valence electrons. The molecule has 3 rings (SSSR count). The molecule has 1 aromatic carbocycles. The highest BCUT2D eigenvalue weighted by Gasteiger charge is 2.27. The highest BCUT2D eigenvalue weighted by atomic mass is 16.5. The fraction of sp³-hybridized carbons (Fsp3) is 0.375. The quantitative estimate of drug-likeness (QED) is 0.816. The van der Waals surface area contributed by atoms with E-state index in [4.69, 9.17) is 9.47 Å². The van der Waals surface area contributed by atoms with Gasteiger partial charge >= 0.3 is 5.97 Å². The van der Waals surface area contributed by atoms with Crippen LogP contribution >= 0.6 is 0 Å². The summed E-state index contributed by atoms with van der Waals surface area (Å²) in [4.78, 5) is 11.4. The lowest BCUT2D eigenvalue weighted by Crippen LogP contribution is -2.24. The molecule has 1 aromatic heterocycles. The predicted octanol–water partition coefficient (Wildman–Crippen LogP) is 1.84. The van der Waals surface area contributed by atoms with Crippen LogP contribution in [0, 0.1) is 0 Å². The largest absolute Gasteiger partial charge is 0.490 e. The van der Waals surface area contributed by atoms with Crippen LogP contribution in [-0.2, 0) is 4.79 Å². The number of benzene rings is 1. The molecule has 9 nitrogen and oxygen atoms in total. The number of anilines is 1.